The minimum atomic E-state index is -0.602. The lowest BCUT2D eigenvalue weighted by molar-refractivity contribution is -0.0387. The fourth-order valence-electron chi connectivity index (χ4n) is 1.63. The van der Waals surface area contributed by atoms with E-state index in [2.05, 4.69) is 15.9 Å². The van der Waals surface area contributed by atoms with Gasteiger partial charge in [-0.3, -0.25) is 0 Å². The number of hydrogen-bond acceptors (Lipinski definition) is 2. The van der Waals surface area contributed by atoms with Crippen LogP contribution in [-0.2, 0) is 5.60 Å². The van der Waals surface area contributed by atoms with Crippen molar-refractivity contribution in [2.75, 3.05) is 5.73 Å². The van der Waals surface area contributed by atoms with Gasteiger partial charge in [0.05, 0.1) is 5.60 Å². The highest BCUT2D eigenvalue weighted by molar-refractivity contribution is 9.10. The van der Waals surface area contributed by atoms with Crippen molar-refractivity contribution in [3.8, 4) is 0 Å². The highest BCUT2D eigenvalue weighted by Crippen LogP contribution is 2.42. The number of aliphatic hydroxyl groups is 1. The van der Waals surface area contributed by atoms with E-state index in [-0.39, 0.29) is 0 Å². The summed E-state index contributed by atoms with van der Waals surface area (Å²) in [4.78, 5) is 0. The van der Waals surface area contributed by atoms with Crippen molar-refractivity contribution in [2.24, 2.45) is 0 Å². The SMILES string of the molecule is Nc1cc(C2(O)CCC2)ccc1Br. The van der Waals surface area contributed by atoms with E-state index in [4.69, 9.17) is 5.73 Å². The monoisotopic (exact) mass is 241 g/mol. The van der Waals surface area contributed by atoms with E-state index in [0.29, 0.717) is 5.69 Å². The van der Waals surface area contributed by atoms with Gasteiger partial charge in [0.15, 0.2) is 0 Å². The molecule has 1 aliphatic carbocycles. The Labute approximate surface area is 85.9 Å². The Morgan fingerprint density at radius 2 is 2.08 bits per heavy atom. The van der Waals surface area contributed by atoms with Crippen molar-refractivity contribution < 1.29 is 5.11 Å². The molecule has 2 rings (SSSR count). The Morgan fingerprint density at radius 1 is 1.38 bits per heavy atom. The molecule has 0 aromatic heterocycles. The third-order valence-electron chi connectivity index (χ3n) is 2.71. The van der Waals surface area contributed by atoms with Crippen molar-refractivity contribution in [2.45, 2.75) is 24.9 Å². The van der Waals surface area contributed by atoms with Gasteiger partial charge in [0.1, 0.15) is 0 Å². The van der Waals surface area contributed by atoms with Gasteiger partial charge in [0.25, 0.3) is 0 Å². The van der Waals surface area contributed by atoms with Crippen LogP contribution in [0.1, 0.15) is 24.8 Å². The molecule has 1 fully saturated rings. The molecular weight excluding hydrogens is 230 g/mol. The molecule has 0 aliphatic heterocycles. The summed E-state index contributed by atoms with van der Waals surface area (Å²) in [6, 6.07) is 5.67. The lowest BCUT2D eigenvalue weighted by Gasteiger charge is -2.37. The molecule has 70 valence electrons. The average Bonchev–Trinajstić information content (AvgIpc) is 2.06. The Kier molecular flexibility index (Phi) is 2.08. The van der Waals surface area contributed by atoms with Gasteiger partial charge >= 0.3 is 0 Å². The standard InChI is InChI=1S/C10H12BrNO/c11-8-3-2-7(6-9(8)12)10(13)4-1-5-10/h2-3,6,13H,1,4-5,12H2. The summed E-state index contributed by atoms with van der Waals surface area (Å²) in [5.41, 5.74) is 6.77. The van der Waals surface area contributed by atoms with Gasteiger partial charge in [-0.1, -0.05) is 6.07 Å². The minimum absolute atomic E-state index is 0.602. The van der Waals surface area contributed by atoms with Crippen LogP contribution in [-0.4, -0.2) is 5.11 Å². The van der Waals surface area contributed by atoms with Gasteiger partial charge in [-0.05, 0) is 52.9 Å². The van der Waals surface area contributed by atoms with Crippen LogP contribution >= 0.6 is 15.9 Å². The van der Waals surface area contributed by atoms with Crippen molar-refractivity contribution in [3.63, 3.8) is 0 Å². The number of nitrogen functional groups attached to an aromatic ring is 1. The normalized spacial score (nSPS) is 19.5. The van der Waals surface area contributed by atoms with Crippen LogP contribution in [0.25, 0.3) is 0 Å². The first-order chi connectivity index (χ1) is 6.12. The van der Waals surface area contributed by atoms with Crippen molar-refractivity contribution in [1.29, 1.82) is 0 Å². The largest absolute Gasteiger partial charge is 0.398 e. The zero-order valence-corrected chi connectivity index (χ0v) is 8.84. The average molecular weight is 242 g/mol. The molecule has 1 aromatic rings. The van der Waals surface area contributed by atoms with E-state index in [1.54, 1.807) is 0 Å². The van der Waals surface area contributed by atoms with Crippen molar-refractivity contribution >= 4 is 21.6 Å². The summed E-state index contributed by atoms with van der Waals surface area (Å²) in [6.45, 7) is 0. The highest BCUT2D eigenvalue weighted by Gasteiger charge is 2.36. The van der Waals surface area contributed by atoms with E-state index < -0.39 is 5.60 Å². The number of hydrogen-bond donors (Lipinski definition) is 2. The first kappa shape index (κ1) is 9.03. The fraction of sp³-hybridized carbons (Fsp3) is 0.400. The van der Waals surface area contributed by atoms with Crippen molar-refractivity contribution in [1.82, 2.24) is 0 Å². The van der Waals surface area contributed by atoms with E-state index in [9.17, 15) is 5.11 Å². The molecule has 1 aromatic carbocycles. The zero-order valence-electron chi connectivity index (χ0n) is 7.26. The zero-order chi connectivity index (χ0) is 9.47. The molecule has 0 amide bonds. The summed E-state index contributed by atoms with van der Waals surface area (Å²) in [5.74, 6) is 0. The summed E-state index contributed by atoms with van der Waals surface area (Å²) in [5, 5.41) is 10.0. The molecule has 0 unspecified atom stereocenters. The highest BCUT2D eigenvalue weighted by atomic mass is 79.9. The number of halogens is 1. The maximum atomic E-state index is 10.0. The van der Waals surface area contributed by atoms with Gasteiger partial charge < -0.3 is 10.8 Å². The number of benzene rings is 1. The molecule has 2 nitrogen and oxygen atoms in total. The molecule has 0 heterocycles. The Morgan fingerprint density at radius 3 is 2.54 bits per heavy atom. The molecule has 3 N–H and O–H groups in total. The second-order valence-electron chi connectivity index (χ2n) is 3.62. The van der Waals surface area contributed by atoms with Crippen LogP contribution in [0, 0.1) is 0 Å². The lowest BCUT2D eigenvalue weighted by atomic mass is 9.75. The molecule has 0 bridgehead atoms. The smallest absolute Gasteiger partial charge is 0.0897 e. The van der Waals surface area contributed by atoms with E-state index in [0.717, 1.165) is 29.3 Å². The summed E-state index contributed by atoms with van der Waals surface area (Å²) in [7, 11) is 0. The molecule has 1 saturated carbocycles. The molecule has 3 heteroatoms. The summed E-state index contributed by atoms with van der Waals surface area (Å²) in [6.07, 6.45) is 2.81. The van der Waals surface area contributed by atoms with Gasteiger partial charge in [-0.25, -0.2) is 0 Å². The predicted molar refractivity (Wildman–Crippen MR) is 56.3 cm³/mol. The van der Waals surface area contributed by atoms with Gasteiger partial charge in [0.2, 0.25) is 0 Å². The third-order valence-corrected chi connectivity index (χ3v) is 3.44. The summed E-state index contributed by atoms with van der Waals surface area (Å²) < 4.78 is 0.888. The second kappa shape index (κ2) is 3.00. The molecule has 1 aliphatic rings. The Hall–Kier alpha value is -0.540. The van der Waals surface area contributed by atoms with E-state index in [1.807, 2.05) is 18.2 Å². The lowest BCUT2D eigenvalue weighted by Crippen LogP contribution is -2.33. The maximum Gasteiger partial charge on any atom is 0.0897 e. The Balaban J connectivity index is 2.36. The van der Waals surface area contributed by atoms with Crippen LogP contribution in [0.2, 0.25) is 0 Å². The Bertz CT molecular complexity index is 334. The number of rotatable bonds is 1. The molecule has 0 spiro atoms. The molecule has 13 heavy (non-hydrogen) atoms. The van der Waals surface area contributed by atoms with Gasteiger partial charge in [-0.2, -0.15) is 0 Å². The van der Waals surface area contributed by atoms with Gasteiger partial charge in [0, 0.05) is 10.2 Å². The quantitative estimate of drug-likeness (QED) is 0.743. The molecular formula is C10H12BrNO. The molecule has 0 radical (unpaired) electrons. The second-order valence-corrected chi connectivity index (χ2v) is 4.48. The first-order valence-corrected chi connectivity index (χ1v) is 5.19. The van der Waals surface area contributed by atoms with Crippen LogP contribution in [0.3, 0.4) is 0 Å². The first-order valence-electron chi connectivity index (χ1n) is 4.40. The van der Waals surface area contributed by atoms with Crippen molar-refractivity contribution in [3.05, 3.63) is 28.2 Å². The van der Waals surface area contributed by atoms with Crippen LogP contribution in [0.5, 0.6) is 0 Å². The molecule has 0 atom stereocenters. The minimum Gasteiger partial charge on any atom is -0.398 e. The van der Waals surface area contributed by atoms with E-state index in [1.165, 1.54) is 0 Å². The van der Waals surface area contributed by atoms with Crippen LogP contribution in [0.15, 0.2) is 22.7 Å². The number of nitrogens with two attached hydrogens (primary N) is 1. The van der Waals surface area contributed by atoms with Gasteiger partial charge in [-0.15, -0.1) is 0 Å². The fourth-order valence-corrected chi connectivity index (χ4v) is 1.88. The number of anilines is 1. The van der Waals surface area contributed by atoms with E-state index >= 15 is 0 Å². The van der Waals surface area contributed by atoms with Crippen LogP contribution in [0.4, 0.5) is 5.69 Å². The predicted octanol–water partition coefficient (Wildman–Crippen LogP) is 2.40. The summed E-state index contributed by atoms with van der Waals surface area (Å²) >= 11 is 3.33. The third kappa shape index (κ3) is 1.46. The maximum absolute atomic E-state index is 10.0. The van der Waals surface area contributed by atoms with Crippen LogP contribution < -0.4 is 5.73 Å². The molecule has 0 saturated heterocycles. The topological polar surface area (TPSA) is 46.2 Å².